The molecule has 2 nitrogen and oxygen atoms in total. The lowest BCUT2D eigenvalue weighted by Crippen LogP contribution is -2.46. The van der Waals surface area contributed by atoms with Gasteiger partial charge in [0, 0.05) is 6.42 Å². The van der Waals surface area contributed by atoms with Gasteiger partial charge in [0.25, 0.3) is 0 Å². The summed E-state index contributed by atoms with van der Waals surface area (Å²) in [6.07, 6.45) is 5.03. The summed E-state index contributed by atoms with van der Waals surface area (Å²) in [6.45, 7) is 8.85. The van der Waals surface area contributed by atoms with Crippen LogP contribution in [0, 0.1) is 11.8 Å². The summed E-state index contributed by atoms with van der Waals surface area (Å²) in [5.74, 6) is 1.15. The van der Waals surface area contributed by atoms with Crippen LogP contribution in [0.3, 0.4) is 0 Å². The molecule has 4 atom stereocenters. The second kappa shape index (κ2) is 5.11. The van der Waals surface area contributed by atoms with E-state index in [0.29, 0.717) is 18.3 Å². The van der Waals surface area contributed by atoms with Crippen molar-refractivity contribution in [2.24, 2.45) is 11.8 Å². The van der Waals surface area contributed by atoms with E-state index < -0.39 is 0 Å². The predicted octanol–water partition coefficient (Wildman–Crippen LogP) is 3.20. The van der Waals surface area contributed by atoms with E-state index in [9.17, 15) is 4.79 Å². The van der Waals surface area contributed by atoms with Gasteiger partial charge in [-0.15, -0.1) is 0 Å². The SMILES string of the molecule is CCCC1(C)CC(C)C(C)C(CC=O)O1. The Kier molecular flexibility index (Phi) is 4.32. The van der Waals surface area contributed by atoms with Crippen LogP contribution in [-0.2, 0) is 9.53 Å². The monoisotopic (exact) mass is 212 g/mol. The minimum atomic E-state index is -0.00560. The van der Waals surface area contributed by atoms with Crippen LogP contribution in [0.2, 0.25) is 0 Å². The Morgan fingerprint density at radius 2 is 2.13 bits per heavy atom. The average Bonchev–Trinajstić information content (AvgIpc) is 2.14. The molecule has 1 aliphatic heterocycles. The Balaban J connectivity index is 2.69. The van der Waals surface area contributed by atoms with Gasteiger partial charge in [-0.05, 0) is 31.6 Å². The molecule has 0 N–H and O–H groups in total. The quantitative estimate of drug-likeness (QED) is 0.669. The van der Waals surface area contributed by atoms with E-state index in [1.54, 1.807) is 0 Å². The van der Waals surface area contributed by atoms with Gasteiger partial charge in [-0.1, -0.05) is 27.2 Å². The summed E-state index contributed by atoms with van der Waals surface area (Å²) >= 11 is 0. The zero-order valence-corrected chi connectivity index (χ0v) is 10.5. The Hall–Kier alpha value is -0.370. The van der Waals surface area contributed by atoms with Crippen molar-refractivity contribution in [3.8, 4) is 0 Å². The van der Waals surface area contributed by atoms with Crippen LogP contribution in [0.15, 0.2) is 0 Å². The molecule has 0 saturated carbocycles. The minimum absolute atomic E-state index is 0.00560. The predicted molar refractivity (Wildman–Crippen MR) is 61.8 cm³/mol. The lowest BCUT2D eigenvalue weighted by Gasteiger charge is -2.45. The molecule has 0 aromatic heterocycles. The molecular formula is C13H24O2. The fraction of sp³-hybridized carbons (Fsp3) is 0.923. The summed E-state index contributed by atoms with van der Waals surface area (Å²) in [5, 5.41) is 0. The molecule has 0 aliphatic carbocycles. The zero-order chi connectivity index (χ0) is 11.5. The van der Waals surface area contributed by atoms with Gasteiger partial charge < -0.3 is 9.53 Å². The lowest BCUT2D eigenvalue weighted by molar-refractivity contribution is -0.165. The molecule has 1 saturated heterocycles. The maximum absolute atomic E-state index is 10.6. The van der Waals surface area contributed by atoms with E-state index in [2.05, 4.69) is 27.7 Å². The first-order valence-corrected chi connectivity index (χ1v) is 6.14. The van der Waals surface area contributed by atoms with Crippen molar-refractivity contribution in [2.45, 2.75) is 65.1 Å². The molecule has 0 spiro atoms. The van der Waals surface area contributed by atoms with Crippen LogP contribution < -0.4 is 0 Å². The molecule has 0 bridgehead atoms. The van der Waals surface area contributed by atoms with Gasteiger partial charge in [-0.2, -0.15) is 0 Å². The van der Waals surface area contributed by atoms with Crippen LogP contribution in [-0.4, -0.2) is 18.0 Å². The zero-order valence-electron chi connectivity index (χ0n) is 10.5. The highest BCUT2D eigenvalue weighted by atomic mass is 16.5. The molecule has 0 aromatic carbocycles. The number of hydrogen-bond acceptors (Lipinski definition) is 2. The molecule has 1 aliphatic rings. The maximum atomic E-state index is 10.6. The highest BCUT2D eigenvalue weighted by molar-refractivity contribution is 5.50. The Morgan fingerprint density at radius 3 is 2.67 bits per heavy atom. The number of aldehydes is 1. The highest BCUT2D eigenvalue weighted by Gasteiger charge is 2.39. The third-order valence-corrected chi connectivity index (χ3v) is 3.78. The summed E-state index contributed by atoms with van der Waals surface area (Å²) in [4.78, 5) is 10.6. The van der Waals surface area contributed by atoms with E-state index in [1.807, 2.05) is 0 Å². The van der Waals surface area contributed by atoms with Crippen LogP contribution in [0.4, 0.5) is 0 Å². The van der Waals surface area contributed by atoms with Gasteiger partial charge in [0.05, 0.1) is 11.7 Å². The summed E-state index contributed by atoms with van der Waals surface area (Å²) in [7, 11) is 0. The average molecular weight is 212 g/mol. The topological polar surface area (TPSA) is 26.3 Å². The second-order valence-electron chi connectivity index (χ2n) is 5.30. The summed E-state index contributed by atoms with van der Waals surface area (Å²) in [5.41, 5.74) is -0.00560. The molecule has 2 heteroatoms. The largest absolute Gasteiger partial charge is 0.371 e. The van der Waals surface area contributed by atoms with Crippen LogP contribution in [0.25, 0.3) is 0 Å². The normalized spacial score (nSPS) is 41.5. The van der Waals surface area contributed by atoms with Crippen molar-refractivity contribution in [2.75, 3.05) is 0 Å². The van der Waals surface area contributed by atoms with Crippen molar-refractivity contribution < 1.29 is 9.53 Å². The second-order valence-corrected chi connectivity index (χ2v) is 5.30. The van der Waals surface area contributed by atoms with Crippen molar-refractivity contribution >= 4 is 6.29 Å². The Labute approximate surface area is 93.4 Å². The van der Waals surface area contributed by atoms with Crippen LogP contribution in [0.1, 0.15) is 53.4 Å². The lowest BCUT2D eigenvalue weighted by atomic mass is 9.76. The first kappa shape index (κ1) is 12.7. The van der Waals surface area contributed by atoms with Crippen molar-refractivity contribution in [1.82, 2.24) is 0 Å². The fourth-order valence-corrected chi connectivity index (χ4v) is 2.80. The van der Waals surface area contributed by atoms with E-state index in [1.165, 1.54) is 0 Å². The van der Waals surface area contributed by atoms with Gasteiger partial charge in [0.15, 0.2) is 0 Å². The van der Waals surface area contributed by atoms with Gasteiger partial charge in [0.1, 0.15) is 6.29 Å². The van der Waals surface area contributed by atoms with Gasteiger partial charge in [-0.25, -0.2) is 0 Å². The Bertz CT molecular complexity index is 215. The van der Waals surface area contributed by atoms with Gasteiger partial charge in [0.2, 0.25) is 0 Å². The fourth-order valence-electron chi connectivity index (χ4n) is 2.80. The summed E-state index contributed by atoms with van der Waals surface area (Å²) < 4.78 is 6.11. The number of ether oxygens (including phenoxy) is 1. The van der Waals surface area contributed by atoms with Crippen LogP contribution in [0.5, 0.6) is 0 Å². The molecule has 1 heterocycles. The third kappa shape index (κ3) is 3.04. The van der Waals surface area contributed by atoms with Crippen molar-refractivity contribution in [3.63, 3.8) is 0 Å². The first-order valence-electron chi connectivity index (χ1n) is 6.14. The van der Waals surface area contributed by atoms with E-state index >= 15 is 0 Å². The highest BCUT2D eigenvalue weighted by Crippen LogP contribution is 2.39. The minimum Gasteiger partial charge on any atom is -0.371 e. The molecule has 0 radical (unpaired) electrons. The molecule has 0 amide bonds. The standard InChI is InChI=1S/C13H24O2/c1-5-7-13(4)9-10(2)11(3)12(15-13)6-8-14/h8,10-12H,5-7,9H2,1-4H3. The molecule has 88 valence electrons. The number of hydrogen-bond donors (Lipinski definition) is 0. The molecule has 0 aromatic rings. The van der Waals surface area contributed by atoms with Crippen molar-refractivity contribution in [3.05, 3.63) is 0 Å². The first-order chi connectivity index (χ1) is 7.02. The number of carbonyl (C=O) groups is 1. The third-order valence-electron chi connectivity index (χ3n) is 3.78. The van der Waals surface area contributed by atoms with Crippen LogP contribution >= 0.6 is 0 Å². The number of rotatable bonds is 4. The molecule has 15 heavy (non-hydrogen) atoms. The van der Waals surface area contributed by atoms with E-state index in [-0.39, 0.29) is 11.7 Å². The van der Waals surface area contributed by atoms with E-state index in [0.717, 1.165) is 25.5 Å². The Morgan fingerprint density at radius 1 is 1.47 bits per heavy atom. The van der Waals surface area contributed by atoms with Gasteiger partial charge in [-0.3, -0.25) is 0 Å². The van der Waals surface area contributed by atoms with E-state index in [4.69, 9.17) is 4.74 Å². The smallest absolute Gasteiger partial charge is 0.122 e. The van der Waals surface area contributed by atoms with Gasteiger partial charge >= 0.3 is 0 Å². The molecule has 1 fully saturated rings. The number of carbonyl (C=O) groups excluding carboxylic acids is 1. The molecule has 4 unspecified atom stereocenters. The summed E-state index contributed by atoms with van der Waals surface area (Å²) in [6, 6.07) is 0. The molecule has 1 rings (SSSR count). The molecular weight excluding hydrogens is 188 g/mol. The maximum Gasteiger partial charge on any atom is 0.122 e. The van der Waals surface area contributed by atoms with Crippen molar-refractivity contribution in [1.29, 1.82) is 0 Å².